The van der Waals surface area contributed by atoms with Crippen molar-refractivity contribution in [3.05, 3.63) is 5.53 Å². The van der Waals surface area contributed by atoms with Crippen molar-refractivity contribution in [3.8, 4) is 0 Å². The van der Waals surface area contributed by atoms with Crippen molar-refractivity contribution < 1.29 is 14.3 Å². The van der Waals surface area contributed by atoms with E-state index in [4.69, 9.17) is 5.53 Å². The lowest BCUT2D eigenvalue weighted by molar-refractivity contribution is -0.138. The van der Waals surface area contributed by atoms with Crippen LogP contribution >= 0.6 is 0 Å². The molecule has 1 N–H and O–H groups in total. The van der Waals surface area contributed by atoms with Crippen LogP contribution in [-0.2, 0) is 9.53 Å². The van der Waals surface area contributed by atoms with Crippen LogP contribution in [0.1, 0.15) is 0 Å². The summed E-state index contributed by atoms with van der Waals surface area (Å²) in [7, 11) is 1.74. The Kier molecular flexibility index (Phi) is 5.23. The Balaban J connectivity index is 3.31. The van der Waals surface area contributed by atoms with Crippen LogP contribution in [0.15, 0.2) is 0 Å². The van der Waals surface area contributed by atoms with Crippen molar-refractivity contribution in [2.45, 2.75) is 0 Å². The van der Waals surface area contributed by atoms with Gasteiger partial charge in [-0.3, -0.25) is 0 Å². The maximum absolute atomic E-state index is 10.4. The van der Waals surface area contributed by atoms with Crippen molar-refractivity contribution in [2.24, 2.45) is 0 Å². The number of hydrogen-bond donors (Lipinski definition) is 1. The third-order valence-electron chi connectivity index (χ3n) is 0.760. The lowest BCUT2D eigenvalue weighted by Crippen LogP contribution is -2.17. The SMILES string of the molecule is CNCCOC(=O)C=[N+]=[N-]. The molecule has 10 heavy (non-hydrogen) atoms. The molecule has 0 heterocycles. The van der Waals surface area contributed by atoms with E-state index in [0.29, 0.717) is 12.8 Å². The number of hydrogen-bond acceptors (Lipinski definition) is 3. The quantitative estimate of drug-likeness (QED) is 0.181. The van der Waals surface area contributed by atoms with E-state index in [1.165, 1.54) is 0 Å². The molecule has 0 aromatic carbocycles. The summed E-state index contributed by atoms with van der Waals surface area (Å²) in [5, 5.41) is 2.78. The molecular formula is C5H9N3O2. The van der Waals surface area contributed by atoms with Crippen LogP contribution in [0.25, 0.3) is 5.53 Å². The highest BCUT2D eigenvalue weighted by Gasteiger charge is 2.00. The van der Waals surface area contributed by atoms with E-state index in [2.05, 4.69) is 14.8 Å². The molecule has 0 aliphatic heterocycles. The zero-order chi connectivity index (χ0) is 7.82. The molecule has 0 saturated carbocycles. The summed E-state index contributed by atoms with van der Waals surface area (Å²) in [5.74, 6) is -0.641. The largest absolute Gasteiger partial charge is 0.456 e. The third-order valence-corrected chi connectivity index (χ3v) is 0.760. The molecule has 5 nitrogen and oxygen atoms in total. The molecule has 0 aromatic rings. The molecule has 0 radical (unpaired) electrons. The van der Waals surface area contributed by atoms with Crippen LogP contribution in [0, 0.1) is 0 Å². The summed E-state index contributed by atoms with van der Waals surface area (Å²) in [6, 6.07) is 0. The second-order valence-electron chi connectivity index (χ2n) is 1.52. The number of carbonyl (C=O) groups is 1. The molecule has 0 fully saturated rings. The van der Waals surface area contributed by atoms with Crippen molar-refractivity contribution in [3.63, 3.8) is 0 Å². The van der Waals surface area contributed by atoms with Gasteiger partial charge in [-0.25, -0.2) is 4.79 Å². The van der Waals surface area contributed by atoms with Gasteiger partial charge in [0.25, 0.3) is 0 Å². The van der Waals surface area contributed by atoms with E-state index in [9.17, 15) is 4.79 Å². The second kappa shape index (κ2) is 5.94. The molecular weight excluding hydrogens is 134 g/mol. The second-order valence-corrected chi connectivity index (χ2v) is 1.52. The molecule has 0 atom stereocenters. The first-order chi connectivity index (χ1) is 4.81. The Hall–Kier alpha value is -1.19. The molecule has 56 valence electrons. The van der Waals surface area contributed by atoms with E-state index < -0.39 is 5.97 Å². The van der Waals surface area contributed by atoms with Gasteiger partial charge in [-0.1, -0.05) is 0 Å². The van der Waals surface area contributed by atoms with Gasteiger partial charge in [0.1, 0.15) is 6.61 Å². The van der Waals surface area contributed by atoms with Crippen LogP contribution in [0.3, 0.4) is 0 Å². The number of likely N-dealkylation sites (N-methyl/N-ethyl adjacent to an activating group) is 1. The first kappa shape index (κ1) is 8.81. The number of nitrogens with zero attached hydrogens (tertiary/aromatic N) is 2. The molecule has 0 saturated heterocycles. The summed E-state index contributed by atoms with van der Waals surface area (Å²) < 4.78 is 4.51. The normalized spacial score (nSPS) is 8.10. The number of ether oxygens (including phenoxy) is 1. The van der Waals surface area contributed by atoms with Crippen LogP contribution < -0.4 is 5.32 Å². The highest BCUT2D eigenvalue weighted by molar-refractivity contribution is 6.20. The molecule has 5 heteroatoms. The predicted octanol–water partition coefficient (Wildman–Crippen LogP) is -0.950. The van der Waals surface area contributed by atoms with Crippen molar-refractivity contribution >= 4 is 12.2 Å². The number of carbonyl (C=O) groups excluding carboxylic acids is 1. The Labute approximate surface area is 58.6 Å². The zero-order valence-electron chi connectivity index (χ0n) is 5.70. The van der Waals surface area contributed by atoms with Gasteiger partial charge in [0.15, 0.2) is 0 Å². The van der Waals surface area contributed by atoms with Crippen LogP contribution in [0.5, 0.6) is 0 Å². The maximum atomic E-state index is 10.4. The van der Waals surface area contributed by atoms with Crippen molar-refractivity contribution in [2.75, 3.05) is 20.2 Å². The summed E-state index contributed by atoms with van der Waals surface area (Å²) in [6.07, 6.45) is 0.704. The number of rotatable bonds is 4. The lowest BCUT2D eigenvalue weighted by Gasteiger charge is -1.96. The van der Waals surface area contributed by atoms with E-state index in [1.54, 1.807) is 7.05 Å². The monoisotopic (exact) mass is 143 g/mol. The highest BCUT2D eigenvalue weighted by atomic mass is 16.5. The predicted molar refractivity (Wildman–Crippen MR) is 34.6 cm³/mol. The zero-order valence-corrected chi connectivity index (χ0v) is 5.70. The maximum Gasteiger partial charge on any atom is 0.413 e. The van der Waals surface area contributed by atoms with Gasteiger partial charge in [0.05, 0.1) is 0 Å². The lowest BCUT2D eigenvalue weighted by atomic mass is 10.7. The Bertz CT molecular complexity index is 151. The Morgan fingerprint density at radius 1 is 1.90 bits per heavy atom. The van der Waals surface area contributed by atoms with Gasteiger partial charge in [0.2, 0.25) is 0 Å². The molecule has 0 spiro atoms. The molecule has 0 unspecified atom stereocenters. The first-order valence-electron chi connectivity index (χ1n) is 2.80. The smallest absolute Gasteiger partial charge is 0.413 e. The highest BCUT2D eigenvalue weighted by Crippen LogP contribution is 1.70. The van der Waals surface area contributed by atoms with Gasteiger partial charge in [-0.15, -0.1) is 0 Å². The van der Waals surface area contributed by atoms with Gasteiger partial charge >= 0.3 is 12.2 Å². The van der Waals surface area contributed by atoms with Crippen LogP contribution in [-0.4, -0.2) is 37.2 Å². The van der Waals surface area contributed by atoms with Gasteiger partial charge in [-0.2, -0.15) is 4.79 Å². The fourth-order valence-corrected chi connectivity index (χ4v) is 0.338. The Morgan fingerprint density at radius 3 is 3.10 bits per heavy atom. The summed E-state index contributed by atoms with van der Waals surface area (Å²) >= 11 is 0. The topological polar surface area (TPSA) is 74.7 Å². The van der Waals surface area contributed by atoms with Crippen LogP contribution in [0.2, 0.25) is 0 Å². The van der Waals surface area contributed by atoms with E-state index in [0.717, 1.165) is 0 Å². The number of nitrogens with one attached hydrogen (secondary N) is 1. The first-order valence-corrected chi connectivity index (χ1v) is 2.80. The van der Waals surface area contributed by atoms with E-state index in [1.807, 2.05) is 0 Å². The molecule has 0 aromatic heterocycles. The molecule has 0 aliphatic rings. The number of esters is 1. The average Bonchev–Trinajstić information content (AvgIpc) is 1.89. The van der Waals surface area contributed by atoms with Crippen molar-refractivity contribution in [1.29, 1.82) is 0 Å². The molecule has 0 amide bonds. The van der Waals surface area contributed by atoms with Gasteiger partial charge < -0.3 is 15.6 Å². The van der Waals surface area contributed by atoms with Crippen LogP contribution in [0.4, 0.5) is 0 Å². The van der Waals surface area contributed by atoms with E-state index >= 15 is 0 Å². The minimum Gasteiger partial charge on any atom is -0.456 e. The average molecular weight is 143 g/mol. The minimum absolute atomic E-state index is 0.279. The standard InChI is InChI=1S/C5H9N3O2/c1-7-2-3-10-5(9)4-8-6/h4,7H,2-3H2,1H3. The van der Waals surface area contributed by atoms with Gasteiger partial charge in [-0.05, 0) is 7.05 Å². The fraction of sp³-hybridized carbons (Fsp3) is 0.600. The fourth-order valence-electron chi connectivity index (χ4n) is 0.338. The molecule has 0 rings (SSSR count). The van der Waals surface area contributed by atoms with Crippen molar-refractivity contribution in [1.82, 2.24) is 5.32 Å². The minimum atomic E-state index is -0.641. The van der Waals surface area contributed by atoms with E-state index in [-0.39, 0.29) is 6.61 Å². The summed E-state index contributed by atoms with van der Waals surface area (Å²) in [6.45, 7) is 0.867. The third kappa shape index (κ3) is 4.96. The molecule has 0 aliphatic carbocycles. The summed E-state index contributed by atoms with van der Waals surface area (Å²) in [5.41, 5.74) is 7.85. The molecule has 0 bridgehead atoms. The van der Waals surface area contributed by atoms with Gasteiger partial charge in [0, 0.05) is 6.54 Å². The Morgan fingerprint density at radius 2 is 2.60 bits per heavy atom. The summed E-state index contributed by atoms with van der Waals surface area (Å²) in [4.78, 5) is 12.9.